The molecule has 0 bridgehead atoms. The number of nitrogens with one attached hydrogen (secondary N) is 1. The van der Waals surface area contributed by atoms with Crippen molar-refractivity contribution in [3.63, 3.8) is 0 Å². The van der Waals surface area contributed by atoms with Crippen LogP contribution in [-0.4, -0.2) is 20.4 Å². The molecule has 9 heteroatoms. The van der Waals surface area contributed by atoms with Crippen molar-refractivity contribution < 1.29 is 14.1 Å². The molecule has 7 nitrogen and oxygen atoms in total. The monoisotopic (exact) mass is 398 g/mol. The van der Waals surface area contributed by atoms with E-state index in [4.69, 9.17) is 0 Å². The van der Waals surface area contributed by atoms with E-state index in [-0.39, 0.29) is 11.4 Å². The molecule has 0 unspecified atom stereocenters. The smallest absolute Gasteiger partial charge is 0.276 e. The number of hydrogen-bond donors (Lipinski definition) is 1. The summed E-state index contributed by atoms with van der Waals surface area (Å²) >= 11 is 1.28. The number of amides is 1. The van der Waals surface area contributed by atoms with E-state index in [1.165, 1.54) is 48.2 Å². The van der Waals surface area contributed by atoms with Crippen LogP contribution in [0.1, 0.15) is 5.56 Å². The van der Waals surface area contributed by atoms with Crippen molar-refractivity contribution in [2.45, 2.75) is 10.1 Å². The van der Waals surface area contributed by atoms with Crippen LogP contribution < -0.4 is 5.32 Å². The zero-order chi connectivity index (χ0) is 20.1. The van der Waals surface area contributed by atoms with Gasteiger partial charge in [-0.15, -0.1) is 0 Å². The van der Waals surface area contributed by atoms with Gasteiger partial charge in [0.15, 0.2) is 5.16 Å². The Morgan fingerprint density at radius 1 is 1.32 bits per heavy atom. The van der Waals surface area contributed by atoms with Gasteiger partial charge < -0.3 is 9.88 Å². The number of para-hydroxylation sites is 1. The average molecular weight is 398 g/mol. The number of aryl methyl sites for hydroxylation is 1. The lowest BCUT2D eigenvalue weighted by atomic mass is 10.1. The van der Waals surface area contributed by atoms with Gasteiger partial charge in [0.25, 0.3) is 5.69 Å². The quantitative estimate of drug-likeness (QED) is 0.380. The molecular weight excluding hydrogens is 383 g/mol. The minimum Gasteiger partial charge on any atom is -0.329 e. The van der Waals surface area contributed by atoms with Crippen LogP contribution in [0.5, 0.6) is 0 Å². The number of anilines is 1. The lowest BCUT2D eigenvalue weighted by Gasteiger charge is -2.09. The number of aromatic nitrogens is 2. The van der Waals surface area contributed by atoms with E-state index < -0.39 is 16.6 Å². The van der Waals surface area contributed by atoms with Gasteiger partial charge in [-0.25, -0.2) is 9.37 Å². The Morgan fingerprint density at radius 2 is 2.11 bits per heavy atom. The Labute approximate surface area is 164 Å². The molecule has 1 N–H and O–H groups in total. The zero-order valence-electron chi connectivity index (χ0n) is 14.7. The van der Waals surface area contributed by atoms with Crippen molar-refractivity contribution in [3.8, 4) is 0 Å². The maximum atomic E-state index is 13.7. The molecule has 142 valence electrons. The third-order valence-corrected chi connectivity index (χ3v) is 4.88. The molecule has 0 spiro atoms. The average Bonchev–Trinajstić information content (AvgIpc) is 3.07. The molecule has 28 heavy (non-hydrogen) atoms. The standard InChI is InChI=1S/C19H15FN4O3S/c1-23-11-10-21-19(23)28-17-8-7-14(20)12-15(17)22-18(25)9-6-13-4-2-3-5-16(13)24(26)27/h2-12H,1H3,(H,22,25)/b9-6+. The van der Waals surface area contributed by atoms with E-state index in [9.17, 15) is 19.3 Å². The fourth-order valence-corrected chi connectivity index (χ4v) is 3.24. The molecule has 2 aromatic carbocycles. The van der Waals surface area contributed by atoms with Gasteiger partial charge >= 0.3 is 0 Å². The highest BCUT2D eigenvalue weighted by Gasteiger charge is 2.12. The Bertz CT molecular complexity index is 1060. The van der Waals surface area contributed by atoms with Gasteiger partial charge in [-0.05, 0) is 42.1 Å². The predicted octanol–water partition coefficient (Wildman–Crippen LogP) is 4.27. The van der Waals surface area contributed by atoms with Crippen molar-refractivity contribution in [2.24, 2.45) is 7.05 Å². The predicted molar refractivity (Wildman–Crippen MR) is 104 cm³/mol. The number of carbonyl (C=O) groups excluding carboxylic acids is 1. The molecule has 3 aromatic rings. The molecule has 0 saturated carbocycles. The second-order valence-corrected chi connectivity index (χ2v) is 6.71. The van der Waals surface area contributed by atoms with Gasteiger partial charge in [-0.1, -0.05) is 12.1 Å². The Kier molecular flexibility index (Phi) is 5.85. The number of rotatable bonds is 6. The van der Waals surface area contributed by atoms with Gasteiger partial charge in [0.2, 0.25) is 5.91 Å². The number of nitro benzene ring substituents is 1. The number of halogens is 1. The number of nitrogens with zero attached hydrogens (tertiary/aromatic N) is 3. The minimum atomic E-state index is -0.537. The molecule has 1 heterocycles. The second kappa shape index (κ2) is 8.49. The molecule has 1 aromatic heterocycles. The Balaban J connectivity index is 1.80. The summed E-state index contributed by atoms with van der Waals surface area (Å²) in [5, 5.41) is 14.3. The Hall–Kier alpha value is -3.46. The lowest BCUT2D eigenvalue weighted by Crippen LogP contribution is -2.09. The number of imidazole rings is 1. The number of benzene rings is 2. The topological polar surface area (TPSA) is 90.1 Å². The third kappa shape index (κ3) is 4.63. The molecular formula is C19H15FN4O3S. The molecule has 0 aliphatic heterocycles. The van der Waals surface area contributed by atoms with E-state index >= 15 is 0 Å². The first-order valence-electron chi connectivity index (χ1n) is 8.11. The first kappa shape index (κ1) is 19.3. The van der Waals surface area contributed by atoms with Crippen LogP contribution in [0.3, 0.4) is 0 Å². The van der Waals surface area contributed by atoms with Crippen molar-refractivity contribution in [1.82, 2.24) is 9.55 Å². The van der Waals surface area contributed by atoms with Crippen LogP contribution in [0.25, 0.3) is 6.08 Å². The number of nitro groups is 1. The molecule has 0 fully saturated rings. The first-order valence-corrected chi connectivity index (χ1v) is 8.93. The third-order valence-electron chi connectivity index (χ3n) is 3.73. The summed E-state index contributed by atoms with van der Waals surface area (Å²) in [5.74, 6) is -1.03. The van der Waals surface area contributed by atoms with Crippen LogP contribution in [0.4, 0.5) is 15.8 Å². The molecule has 0 aliphatic carbocycles. The minimum absolute atomic E-state index is 0.108. The van der Waals surface area contributed by atoms with Crippen molar-refractivity contribution in [1.29, 1.82) is 0 Å². The fraction of sp³-hybridized carbons (Fsp3) is 0.0526. The summed E-state index contributed by atoms with van der Waals surface area (Å²) in [4.78, 5) is 27.6. The van der Waals surface area contributed by atoms with E-state index in [0.29, 0.717) is 15.6 Å². The summed E-state index contributed by atoms with van der Waals surface area (Å²) < 4.78 is 15.5. The molecule has 0 radical (unpaired) electrons. The van der Waals surface area contributed by atoms with Gasteiger partial charge in [0, 0.05) is 36.5 Å². The first-order chi connectivity index (χ1) is 13.4. The highest BCUT2D eigenvalue weighted by atomic mass is 32.2. The van der Waals surface area contributed by atoms with Crippen LogP contribution in [0, 0.1) is 15.9 Å². The second-order valence-electron chi connectivity index (χ2n) is 5.70. The maximum Gasteiger partial charge on any atom is 0.276 e. The highest BCUT2D eigenvalue weighted by Crippen LogP contribution is 2.33. The van der Waals surface area contributed by atoms with E-state index in [0.717, 1.165) is 0 Å². The van der Waals surface area contributed by atoms with E-state index in [1.807, 2.05) is 7.05 Å². The highest BCUT2D eigenvalue weighted by molar-refractivity contribution is 7.99. The van der Waals surface area contributed by atoms with Crippen LogP contribution >= 0.6 is 11.8 Å². The molecule has 0 atom stereocenters. The van der Waals surface area contributed by atoms with Gasteiger partial charge in [-0.3, -0.25) is 14.9 Å². The van der Waals surface area contributed by atoms with Crippen molar-refractivity contribution in [3.05, 3.63) is 82.4 Å². The summed E-state index contributed by atoms with van der Waals surface area (Å²) in [6.45, 7) is 0. The summed E-state index contributed by atoms with van der Waals surface area (Å²) in [6, 6.07) is 10.1. The lowest BCUT2D eigenvalue weighted by molar-refractivity contribution is -0.385. The number of carbonyl (C=O) groups is 1. The Morgan fingerprint density at radius 3 is 2.82 bits per heavy atom. The molecule has 3 rings (SSSR count). The molecule has 0 saturated heterocycles. The van der Waals surface area contributed by atoms with E-state index in [2.05, 4.69) is 10.3 Å². The summed E-state index contributed by atoms with van der Waals surface area (Å²) in [6.07, 6.45) is 5.93. The van der Waals surface area contributed by atoms with Crippen LogP contribution in [0.2, 0.25) is 0 Å². The van der Waals surface area contributed by atoms with E-state index in [1.54, 1.807) is 35.2 Å². The summed E-state index contributed by atoms with van der Waals surface area (Å²) in [5.41, 5.74) is 0.470. The fourth-order valence-electron chi connectivity index (χ4n) is 2.37. The zero-order valence-corrected chi connectivity index (χ0v) is 15.5. The largest absolute Gasteiger partial charge is 0.329 e. The normalized spacial score (nSPS) is 10.9. The van der Waals surface area contributed by atoms with Gasteiger partial charge in [-0.2, -0.15) is 0 Å². The van der Waals surface area contributed by atoms with Gasteiger partial charge in [0.1, 0.15) is 5.82 Å². The molecule has 1 amide bonds. The van der Waals surface area contributed by atoms with Crippen molar-refractivity contribution in [2.75, 3.05) is 5.32 Å². The summed E-state index contributed by atoms with van der Waals surface area (Å²) in [7, 11) is 1.83. The number of hydrogen-bond acceptors (Lipinski definition) is 5. The van der Waals surface area contributed by atoms with Crippen molar-refractivity contribution >= 4 is 35.1 Å². The maximum absolute atomic E-state index is 13.7. The van der Waals surface area contributed by atoms with Gasteiger partial charge in [0.05, 0.1) is 16.2 Å². The van der Waals surface area contributed by atoms with Crippen LogP contribution in [-0.2, 0) is 11.8 Å². The SMILES string of the molecule is Cn1ccnc1Sc1ccc(F)cc1NC(=O)/C=C/c1ccccc1[N+](=O)[O-]. The molecule has 0 aliphatic rings. The van der Waals surface area contributed by atoms with Crippen LogP contribution in [0.15, 0.2) is 71.0 Å².